The summed E-state index contributed by atoms with van der Waals surface area (Å²) in [5.41, 5.74) is -0.0982. The lowest BCUT2D eigenvalue weighted by Gasteiger charge is -2.34. The summed E-state index contributed by atoms with van der Waals surface area (Å²) in [6, 6.07) is 9.88. The van der Waals surface area contributed by atoms with Crippen molar-refractivity contribution in [3.05, 3.63) is 65.5 Å². The van der Waals surface area contributed by atoms with E-state index in [4.69, 9.17) is 4.42 Å². The van der Waals surface area contributed by atoms with Gasteiger partial charge in [-0.05, 0) is 50.5 Å². The number of aromatic nitrogens is 3. The lowest BCUT2D eigenvalue weighted by atomic mass is 10.0. The number of amides is 1. The molecule has 1 aliphatic rings. The van der Waals surface area contributed by atoms with Crippen LogP contribution in [-0.4, -0.2) is 40.0 Å². The molecule has 1 amide bonds. The van der Waals surface area contributed by atoms with Crippen LogP contribution in [-0.2, 0) is 18.3 Å². The molecule has 4 rings (SSSR count). The highest BCUT2D eigenvalue weighted by atomic mass is 32.2. The summed E-state index contributed by atoms with van der Waals surface area (Å²) in [4.78, 5) is 26.6. The number of rotatable bonds is 8. The Morgan fingerprint density at radius 2 is 2.09 bits per heavy atom. The number of nitrogens with zero attached hydrogens (tertiary/aromatic N) is 4. The fourth-order valence-corrected chi connectivity index (χ4v) is 4.61. The first-order valence-electron chi connectivity index (χ1n) is 11.4. The van der Waals surface area contributed by atoms with E-state index in [1.54, 1.807) is 18.3 Å². The average Bonchev–Trinajstić information content (AvgIpc) is 3.32. The molecule has 0 unspecified atom stereocenters. The SMILES string of the molecule is C[C@@H]1CCCCN1c1cc(C(F)(F)F)nc(SCc2ccc(C(=O)NCCc3ccccn3)o2)n1. The van der Waals surface area contributed by atoms with Gasteiger partial charge in [-0.25, -0.2) is 9.97 Å². The number of piperidine rings is 1. The number of furan rings is 1. The Bertz CT molecular complexity index is 1140. The first kappa shape index (κ1) is 25.0. The molecule has 0 aromatic carbocycles. The number of hydrogen-bond donors (Lipinski definition) is 1. The second-order valence-corrected chi connectivity index (χ2v) is 9.25. The van der Waals surface area contributed by atoms with Crippen LogP contribution in [0.4, 0.5) is 19.0 Å². The van der Waals surface area contributed by atoms with E-state index in [-0.39, 0.29) is 34.4 Å². The summed E-state index contributed by atoms with van der Waals surface area (Å²) in [7, 11) is 0. The topological polar surface area (TPSA) is 84.2 Å². The number of anilines is 1. The largest absolute Gasteiger partial charge is 0.455 e. The molecule has 3 aromatic heterocycles. The van der Waals surface area contributed by atoms with E-state index in [9.17, 15) is 18.0 Å². The molecule has 35 heavy (non-hydrogen) atoms. The molecule has 1 fully saturated rings. The van der Waals surface area contributed by atoms with Crippen LogP contribution in [0.1, 0.15) is 53.9 Å². The van der Waals surface area contributed by atoms with Crippen molar-refractivity contribution in [1.29, 1.82) is 0 Å². The van der Waals surface area contributed by atoms with Gasteiger partial charge in [-0.1, -0.05) is 17.8 Å². The molecule has 1 atom stereocenters. The van der Waals surface area contributed by atoms with Crippen LogP contribution < -0.4 is 10.2 Å². The molecule has 0 radical (unpaired) electrons. The predicted molar refractivity (Wildman–Crippen MR) is 126 cm³/mol. The maximum absolute atomic E-state index is 13.5. The minimum atomic E-state index is -4.57. The highest BCUT2D eigenvalue weighted by molar-refractivity contribution is 7.98. The Labute approximate surface area is 205 Å². The summed E-state index contributed by atoms with van der Waals surface area (Å²) >= 11 is 1.04. The summed E-state index contributed by atoms with van der Waals surface area (Å²) in [6.45, 7) is 3.06. The van der Waals surface area contributed by atoms with Crippen LogP contribution in [0.25, 0.3) is 0 Å². The highest BCUT2D eigenvalue weighted by Gasteiger charge is 2.35. The smallest absolute Gasteiger partial charge is 0.433 e. The van der Waals surface area contributed by atoms with Crippen molar-refractivity contribution in [2.24, 2.45) is 0 Å². The van der Waals surface area contributed by atoms with E-state index >= 15 is 0 Å². The zero-order chi connectivity index (χ0) is 24.8. The number of thioether (sulfide) groups is 1. The Hall–Kier alpha value is -3.08. The van der Waals surface area contributed by atoms with Crippen LogP contribution >= 0.6 is 11.8 Å². The molecule has 7 nitrogen and oxygen atoms in total. The van der Waals surface area contributed by atoms with Gasteiger partial charge in [-0.3, -0.25) is 9.78 Å². The molecule has 4 heterocycles. The molecular weight excluding hydrogens is 479 g/mol. The predicted octanol–water partition coefficient (Wildman–Crippen LogP) is 5.13. The van der Waals surface area contributed by atoms with Crippen molar-refractivity contribution in [2.75, 3.05) is 18.0 Å². The Kier molecular flexibility index (Phi) is 7.94. The van der Waals surface area contributed by atoms with Gasteiger partial charge in [0, 0.05) is 43.5 Å². The van der Waals surface area contributed by atoms with Gasteiger partial charge in [0.05, 0.1) is 5.75 Å². The molecule has 1 aliphatic heterocycles. The van der Waals surface area contributed by atoms with E-state index in [1.807, 2.05) is 30.0 Å². The molecule has 1 saturated heterocycles. The number of carbonyl (C=O) groups is 1. The zero-order valence-corrected chi connectivity index (χ0v) is 20.0. The second kappa shape index (κ2) is 11.1. The molecule has 11 heteroatoms. The van der Waals surface area contributed by atoms with E-state index in [0.717, 1.165) is 42.8 Å². The van der Waals surface area contributed by atoms with Gasteiger partial charge < -0.3 is 14.6 Å². The monoisotopic (exact) mass is 505 g/mol. The number of alkyl halides is 3. The third-order valence-corrected chi connectivity index (χ3v) is 6.57. The first-order chi connectivity index (χ1) is 16.8. The zero-order valence-electron chi connectivity index (χ0n) is 19.2. The molecule has 3 aromatic rings. The number of carbonyl (C=O) groups excluding carboxylic acids is 1. The normalized spacial score (nSPS) is 16.3. The van der Waals surface area contributed by atoms with E-state index in [0.29, 0.717) is 25.3 Å². The molecule has 0 saturated carbocycles. The van der Waals surface area contributed by atoms with Crippen LogP contribution in [0, 0.1) is 0 Å². The quantitative estimate of drug-likeness (QED) is 0.336. The summed E-state index contributed by atoms with van der Waals surface area (Å²) in [6.07, 6.45) is 0.578. The Morgan fingerprint density at radius 1 is 1.23 bits per heavy atom. The van der Waals surface area contributed by atoms with Crippen LogP contribution in [0.3, 0.4) is 0 Å². The van der Waals surface area contributed by atoms with E-state index in [2.05, 4.69) is 20.3 Å². The fraction of sp³-hybridized carbons (Fsp3) is 0.417. The first-order valence-corrected chi connectivity index (χ1v) is 12.4. The van der Waals surface area contributed by atoms with Crippen molar-refractivity contribution >= 4 is 23.5 Å². The van der Waals surface area contributed by atoms with Crippen molar-refractivity contribution in [2.45, 2.75) is 55.7 Å². The number of pyridine rings is 1. The van der Waals surface area contributed by atoms with Gasteiger partial charge in [0.1, 0.15) is 11.6 Å². The minimum Gasteiger partial charge on any atom is -0.455 e. The molecule has 0 aliphatic carbocycles. The van der Waals surface area contributed by atoms with Crippen LogP contribution in [0.2, 0.25) is 0 Å². The lowest BCUT2D eigenvalue weighted by Crippen LogP contribution is -2.38. The average molecular weight is 506 g/mol. The lowest BCUT2D eigenvalue weighted by molar-refractivity contribution is -0.141. The van der Waals surface area contributed by atoms with Crippen LogP contribution in [0.15, 0.2) is 52.2 Å². The summed E-state index contributed by atoms with van der Waals surface area (Å²) < 4.78 is 46.1. The summed E-state index contributed by atoms with van der Waals surface area (Å²) in [5, 5.41) is 2.79. The molecule has 186 valence electrons. The van der Waals surface area contributed by atoms with Crippen molar-refractivity contribution in [3.8, 4) is 0 Å². The van der Waals surface area contributed by atoms with Gasteiger partial charge in [0.25, 0.3) is 5.91 Å². The van der Waals surface area contributed by atoms with Gasteiger partial charge in [-0.15, -0.1) is 0 Å². The number of halogens is 3. The van der Waals surface area contributed by atoms with E-state index in [1.165, 1.54) is 0 Å². The summed E-state index contributed by atoms with van der Waals surface area (Å²) in [5.74, 6) is 0.689. The van der Waals surface area contributed by atoms with Gasteiger partial charge >= 0.3 is 6.18 Å². The van der Waals surface area contributed by atoms with Gasteiger partial charge in [-0.2, -0.15) is 13.2 Å². The third-order valence-electron chi connectivity index (χ3n) is 5.70. The number of hydrogen-bond acceptors (Lipinski definition) is 7. The fourth-order valence-electron chi connectivity index (χ4n) is 3.86. The molecule has 0 spiro atoms. The van der Waals surface area contributed by atoms with Crippen LogP contribution in [0.5, 0.6) is 0 Å². The number of nitrogens with one attached hydrogen (secondary N) is 1. The minimum absolute atomic E-state index is 0.0189. The van der Waals surface area contributed by atoms with Gasteiger partial charge in [0.2, 0.25) is 0 Å². The van der Waals surface area contributed by atoms with Gasteiger partial charge in [0.15, 0.2) is 16.6 Å². The standard InChI is InChI=1S/C24H26F3N5O2S/c1-16-6-3-5-13-32(16)21-14-20(24(25,26)27)30-23(31-21)35-15-18-8-9-19(34-18)22(33)29-12-10-17-7-2-4-11-28-17/h2,4,7-9,11,14,16H,3,5-6,10,12-13,15H2,1H3,(H,29,33)/t16-/m1/s1. The maximum Gasteiger partial charge on any atom is 0.433 e. The third kappa shape index (κ3) is 6.74. The second-order valence-electron chi connectivity index (χ2n) is 8.31. The molecule has 1 N–H and O–H groups in total. The maximum atomic E-state index is 13.5. The Balaban J connectivity index is 1.39. The van der Waals surface area contributed by atoms with E-state index < -0.39 is 11.9 Å². The molecular formula is C24H26F3N5O2S. The Morgan fingerprint density at radius 3 is 2.83 bits per heavy atom. The highest BCUT2D eigenvalue weighted by Crippen LogP contribution is 2.34. The van der Waals surface area contributed by atoms with Crippen molar-refractivity contribution in [3.63, 3.8) is 0 Å². The van der Waals surface area contributed by atoms with Crippen molar-refractivity contribution < 1.29 is 22.4 Å². The van der Waals surface area contributed by atoms with Crippen molar-refractivity contribution in [1.82, 2.24) is 20.3 Å². The molecule has 0 bridgehead atoms.